The summed E-state index contributed by atoms with van der Waals surface area (Å²) < 4.78 is 1.80. The summed E-state index contributed by atoms with van der Waals surface area (Å²) in [6.07, 6.45) is 6.33. The minimum atomic E-state index is -0.0141. The molecule has 0 aliphatic carbocycles. The quantitative estimate of drug-likeness (QED) is 0.848. The van der Waals surface area contributed by atoms with Gasteiger partial charge in [0.25, 0.3) is 0 Å². The molecule has 1 fully saturated rings. The normalized spacial score (nSPS) is 18.9. The lowest BCUT2D eigenvalue weighted by atomic mass is 10.2. The van der Waals surface area contributed by atoms with Crippen LogP contribution < -0.4 is 5.73 Å². The number of nitrogens with zero attached hydrogens (tertiary/aromatic N) is 3. The van der Waals surface area contributed by atoms with Crippen molar-refractivity contribution >= 4 is 23.6 Å². The highest BCUT2D eigenvalue weighted by Gasteiger charge is 2.22. The number of hydrogen-bond acceptors (Lipinski definition) is 3. The molecule has 1 atom stereocenters. The van der Waals surface area contributed by atoms with E-state index in [1.54, 1.807) is 21.7 Å². The molecule has 0 spiro atoms. The number of aryl methyl sites for hydroxylation is 2. The van der Waals surface area contributed by atoms with Crippen LogP contribution in [0.15, 0.2) is 6.08 Å². The van der Waals surface area contributed by atoms with Crippen molar-refractivity contribution in [2.24, 2.45) is 5.73 Å². The van der Waals surface area contributed by atoms with Crippen LogP contribution in [0.2, 0.25) is 5.15 Å². The van der Waals surface area contributed by atoms with Gasteiger partial charge in [0.05, 0.1) is 5.69 Å². The molecule has 2 N–H and O–H groups in total. The standard InChI is InChI=1S/C15H23ClN4O/c1-3-4-8-20-15(16)13(11(2)18-20)5-6-14(21)19-9-7-12(17)10-19/h5-6,12H,3-4,7-10,17H2,1-2H3/b6-5+. The van der Waals surface area contributed by atoms with E-state index in [-0.39, 0.29) is 11.9 Å². The van der Waals surface area contributed by atoms with Gasteiger partial charge < -0.3 is 10.6 Å². The van der Waals surface area contributed by atoms with Gasteiger partial charge in [-0.2, -0.15) is 5.10 Å². The number of carbonyl (C=O) groups excluding carboxylic acids is 1. The van der Waals surface area contributed by atoms with E-state index in [1.165, 1.54) is 0 Å². The number of nitrogens with two attached hydrogens (primary N) is 1. The lowest BCUT2D eigenvalue weighted by Gasteiger charge is -2.12. The Morgan fingerprint density at radius 3 is 2.95 bits per heavy atom. The van der Waals surface area contributed by atoms with Crippen molar-refractivity contribution in [1.29, 1.82) is 0 Å². The average molecular weight is 311 g/mol. The predicted molar refractivity (Wildman–Crippen MR) is 85.1 cm³/mol. The fourth-order valence-corrected chi connectivity index (χ4v) is 2.78. The van der Waals surface area contributed by atoms with E-state index in [0.29, 0.717) is 11.7 Å². The van der Waals surface area contributed by atoms with Gasteiger partial charge in [-0.1, -0.05) is 24.9 Å². The molecule has 0 saturated carbocycles. The van der Waals surface area contributed by atoms with Crippen LogP contribution in [-0.4, -0.2) is 39.7 Å². The maximum absolute atomic E-state index is 12.1. The number of halogens is 1. The first-order valence-corrected chi connectivity index (χ1v) is 7.86. The van der Waals surface area contributed by atoms with Gasteiger partial charge >= 0.3 is 0 Å². The monoisotopic (exact) mass is 310 g/mol. The van der Waals surface area contributed by atoms with E-state index < -0.39 is 0 Å². The molecular formula is C15H23ClN4O. The summed E-state index contributed by atoms with van der Waals surface area (Å²) in [5.74, 6) is -0.0141. The van der Waals surface area contributed by atoms with E-state index in [1.807, 2.05) is 6.92 Å². The average Bonchev–Trinajstić information content (AvgIpc) is 2.99. The first kappa shape index (κ1) is 16.0. The molecule has 1 unspecified atom stereocenters. The van der Waals surface area contributed by atoms with E-state index in [4.69, 9.17) is 17.3 Å². The Bertz CT molecular complexity index is 538. The first-order valence-electron chi connectivity index (χ1n) is 7.48. The molecule has 0 aromatic carbocycles. The van der Waals surface area contributed by atoms with Crippen molar-refractivity contribution in [2.45, 2.75) is 45.7 Å². The van der Waals surface area contributed by atoms with Crippen molar-refractivity contribution in [1.82, 2.24) is 14.7 Å². The third-order valence-electron chi connectivity index (χ3n) is 3.76. The second-order valence-electron chi connectivity index (χ2n) is 5.53. The Hall–Kier alpha value is -1.33. The van der Waals surface area contributed by atoms with E-state index >= 15 is 0 Å². The zero-order chi connectivity index (χ0) is 15.4. The Balaban J connectivity index is 2.06. The SMILES string of the molecule is CCCCn1nc(C)c(/C=C/C(=O)N2CCC(N)C2)c1Cl. The zero-order valence-electron chi connectivity index (χ0n) is 12.7. The second-order valence-corrected chi connectivity index (χ2v) is 5.89. The summed E-state index contributed by atoms with van der Waals surface area (Å²) in [7, 11) is 0. The molecule has 1 aromatic heterocycles. The third kappa shape index (κ3) is 3.86. The summed E-state index contributed by atoms with van der Waals surface area (Å²) >= 11 is 6.34. The highest BCUT2D eigenvalue weighted by molar-refractivity contribution is 6.31. The Labute approximate surface area is 130 Å². The van der Waals surface area contributed by atoms with Crippen molar-refractivity contribution in [3.8, 4) is 0 Å². The molecule has 1 saturated heterocycles. The van der Waals surface area contributed by atoms with E-state index in [9.17, 15) is 4.79 Å². The van der Waals surface area contributed by atoms with Crippen molar-refractivity contribution in [2.75, 3.05) is 13.1 Å². The first-order chi connectivity index (χ1) is 10.0. The zero-order valence-corrected chi connectivity index (χ0v) is 13.4. The predicted octanol–water partition coefficient (Wildman–Crippen LogP) is 2.22. The molecule has 0 radical (unpaired) electrons. The lowest BCUT2D eigenvalue weighted by molar-refractivity contribution is -0.124. The molecule has 1 aliphatic heterocycles. The number of likely N-dealkylation sites (tertiary alicyclic amines) is 1. The van der Waals surface area contributed by atoms with Crippen LogP contribution in [0.25, 0.3) is 6.08 Å². The summed E-state index contributed by atoms with van der Waals surface area (Å²) in [6, 6.07) is 0.101. The van der Waals surface area contributed by atoms with Gasteiger partial charge in [0.2, 0.25) is 5.91 Å². The van der Waals surface area contributed by atoms with Crippen LogP contribution in [0, 0.1) is 6.92 Å². The highest BCUT2D eigenvalue weighted by Crippen LogP contribution is 2.22. The van der Waals surface area contributed by atoms with E-state index in [0.717, 1.165) is 43.6 Å². The summed E-state index contributed by atoms with van der Waals surface area (Å²) in [6.45, 7) is 6.20. The lowest BCUT2D eigenvalue weighted by Crippen LogP contribution is -2.30. The Kier molecular flexibility index (Phi) is 5.42. The van der Waals surface area contributed by atoms with Gasteiger partial charge in [0.15, 0.2) is 0 Å². The van der Waals surface area contributed by atoms with Crippen LogP contribution in [0.1, 0.15) is 37.4 Å². The molecule has 1 aliphatic rings. The maximum Gasteiger partial charge on any atom is 0.246 e. The third-order valence-corrected chi connectivity index (χ3v) is 4.16. The van der Waals surface area contributed by atoms with Gasteiger partial charge in [0, 0.05) is 37.3 Å². The molecular weight excluding hydrogens is 288 g/mol. The largest absolute Gasteiger partial charge is 0.338 e. The number of carbonyl (C=O) groups is 1. The minimum absolute atomic E-state index is 0.0141. The van der Waals surface area contributed by atoms with Gasteiger partial charge in [-0.05, 0) is 25.8 Å². The van der Waals surface area contributed by atoms with Crippen LogP contribution in [-0.2, 0) is 11.3 Å². The molecule has 2 heterocycles. The topological polar surface area (TPSA) is 64.2 Å². The molecule has 1 aromatic rings. The van der Waals surface area contributed by atoms with Gasteiger partial charge in [-0.3, -0.25) is 9.48 Å². The minimum Gasteiger partial charge on any atom is -0.338 e. The molecule has 0 bridgehead atoms. The van der Waals surface area contributed by atoms with Crippen LogP contribution >= 0.6 is 11.6 Å². The van der Waals surface area contributed by atoms with E-state index in [2.05, 4.69) is 12.0 Å². The number of unbranched alkanes of at least 4 members (excludes halogenated alkanes) is 1. The molecule has 5 nitrogen and oxygen atoms in total. The molecule has 21 heavy (non-hydrogen) atoms. The summed E-state index contributed by atoms with van der Waals surface area (Å²) in [5.41, 5.74) is 7.49. The number of rotatable bonds is 5. The van der Waals surface area contributed by atoms with Crippen molar-refractivity contribution < 1.29 is 4.79 Å². The number of hydrogen-bond donors (Lipinski definition) is 1. The van der Waals surface area contributed by atoms with Crippen molar-refractivity contribution in [3.63, 3.8) is 0 Å². The summed E-state index contributed by atoms with van der Waals surface area (Å²) in [5, 5.41) is 5.02. The van der Waals surface area contributed by atoms with Crippen molar-refractivity contribution in [3.05, 3.63) is 22.5 Å². The fourth-order valence-electron chi connectivity index (χ4n) is 2.46. The maximum atomic E-state index is 12.1. The fraction of sp³-hybridized carbons (Fsp3) is 0.600. The van der Waals surface area contributed by atoms with Crippen LogP contribution in [0.4, 0.5) is 0 Å². The number of amides is 1. The Morgan fingerprint density at radius 1 is 1.57 bits per heavy atom. The number of aromatic nitrogens is 2. The smallest absolute Gasteiger partial charge is 0.246 e. The molecule has 1 amide bonds. The van der Waals surface area contributed by atoms with Gasteiger partial charge in [-0.25, -0.2) is 0 Å². The highest BCUT2D eigenvalue weighted by atomic mass is 35.5. The second kappa shape index (κ2) is 7.09. The van der Waals surface area contributed by atoms with Gasteiger partial charge in [0.1, 0.15) is 5.15 Å². The molecule has 2 rings (SSSR count). The molecule has 116 valence electrons. The van der Waals surface area contributed by atoms with Gasteiger partial charge in [-0.15, -0.1) is 0 Å². The summed E-state index contributed by atoms with van der Waals surface area (Å²) in [4.78, 5) is 13.8. The Morgan fingerprint density at radius 2 is 2.33 bits per heavy atom. The van der Waals surface area contributed by atoms with Crippen LogP contribution in [0.5, 0.6) is 0 Å². The molecule has 6 heteroatoms. The van der Waals surface area contributed by atoms with Crippen LogP contribution in [0.3, 0.4) is 0 Å².